The van der Waals surface area contributed by atoms with Gasteiger partial charge in [0.1, 0.15) is 41.9 Å². The summed E-state index contributed by atoms with van der Waals surface area (Å²) in [7, 11) is -16.6. The van der Waals surface area contributed by atoms with E-state index < -0.39 is 120 Å². The summed E-state index contributed by atoms with van der Waals surface area (Å²) in [4.78, 5) is 133. The number of hydrogen-bond donors (Lipinski definition) is 16. The Hall–Kier alpha value is -6.20. The Labute approximate surface area is 450 Å². The summed E-state index contributed by atoms with van der Waals surface area (Å²) in [5, 5.41) is 47.1. The Morgan fingerprint density at radius 3 is 2.39 bits per heavy atom. The van der Waals surface area contributed by atoms with Crippen LogP contribution < -0.4 is 48.9 Å². The lowest BCUT2D eigenvalue weighted by Gasteiger charge is -2.30. The molecule has 6 rings (SSSR count). The number of aliphatic hydroxyl groups excluding tert-OH is 2. The number of H-pyrrole nitrogens is 1. The van der Waals surface area contributed by atoms with E-state index in [1.807, 2.05) is 0 Å². The lowest BCUT2D eigenvalue weighted by atomic mass is 9.87. The molecule has 5 heterocycles. The van der Waals surface area contributed by atoms with Crippen molar-refractivity contribution in [2.75, 3.05) is 72.6 Å². The van der Waals surface area contributed by atoms with Crippen molar-refractivity contribution in [2.45, 2.75) is 75.8 Å². The number of anilines is 5. The van der Waals surface area contributed by atoms with Gasteiger partial charge in [0.2, 0.25) is 22.9 Å². The number of carboxylic acids is 1. The third-order valence-electron chi connectivity index (χ3n) is 11.5. The fourth-order valence-corrected chi connectivity index (χ4v) is 11.1. The average Bonchev–Trinajstić information content (AvgIpc) is 3.95. The molecule has 18 N–H and O–H groups in total. The topological polar surface area (TPSA) is 538 Å². The molecule has 1 saturated heterocycles. The molecule has 0 radical (unpaired) electrons. The third kappa shape index (κ3) is 17.6. The second kappa shape index (κ2) is 26.4. The molecule has 35 nitrogen and oxygen atoms in total. The number of nitrogens with two attached hydrogens (primary N) is 2. The van der Waals surface area contributed by atoms with Gasteiger partial charge in [-0.1, -0.05) is 25.6 Å². The van der Waals surface area contributed by atoms with Crippen LogP contribution in [0, 0.1) is 5.41 Å². The summed E-state index contributed by atoms with van der Waals surface area (Å²) in [6, 6.07) is 4.81. The van der Waals surface area contributed by atoms with Crippen molar-refractivity contribution in [3.8, 4) is 0 Å². The van der Waals surface area contributed by atoms with Gasteiger partial charge in [0.25, 0.3) is 11.5 Å². The Bertz CT molecular complexity index is 3080. The predicted molar refractivity (Wildman–Crippen MR) is 275 cm³/mol. The van der Waals surface area contributed by atoms with Gasteiger partial charge in [-0.2, -0.15) is 9.29 Å². The number of nitrogens with one attached hydrogen (secondary N) is 7. The van der Waals surface area contributed by atoms with Gasteiger partial charge in [-0.05, 0) is 30.7 Å². The number of carbonyl (C=O) groups excluding carboxylic acids is 4. The van der Waals surface area contributed by atoms with E-state index in [0.29, 0.717) is 24.6 Å². The Morgan fingerprint density at radius 2 is 1.70 bits per heavy atom. The van der Waals surface area contributed by atoms with Gasteiger partial charge in [-0.25, -0.2) is 28.6 Å². The number of hydrogen-bond acceptors (Lipinski definition) is 26. The van der Waals surface area contributed by atoms with E-state index >= 15 is 0 Å². The highest BCUT2D eigenvalue weighted by molar-refractivity contribution is 8.13. The number of phosphoric acid groups is 3. The molecular weight excluding hydrogens is 1140 g/mol. The molecule has 79 heavy (non-hydrogen) atoms. The first-order chi connectivity index (χ1) is 37.0. The molecule has 4 aromatic rings. The van der Waals surface area contributed by atoms with Crippen molar-refractivity contribution >= 4 is 104 Å². The van der Waals surface area contributed by atoms with E-state index in [4.69, 9.17) is 25.3 Å². The number of ether oxygens (including phenoxy) is 1. The highest BCUT2D eigenvalue weighted by Gasteiger charge is 2.50. The van der Waals surface area contributed by atoms with E-state index in [0.717, 1.165) is 29.0 Å². The summed E-state index contributed by atoms with van der Waals surface area (Å²) >= 11 is 0.727. The number of fused-ring (bicyclic) bond motifs is 2. The number of nitrogens with zero attached hydrogens (tertiary/aromatic N) is 5. The molecule has 1 aromatic carbocycles. The average molecular weight is 1190 g/mol. The van der Waals surface area contributed by atoms with Crippen LogP contribution in [0.2, 0.25) is 0 Å². The van der Waals surface area contributed by atoms with Crippen LogP contribution in [0.15, 0.2) is 41.7 Å². The van der Waals surface area contributed by atoms with Crippen LogP contribution in [0.4, 0.5) is 29.0 Å². The minimum Gasteiger partial charge on any atom is -0.481 e. The van der Waals surface area contributed by atoms with Crippen molar-refractivity contribution in [3.63, 3.8) is 0 Å². The van der Waals surface area contributed by atoms with Gasteiger partial charge in [0.05, 0.1) is 31.6 Å². The van der Waals surface area contributed by atoms with Crippen LogP contribution in [0.3, 0.4) is 0 Å². The molecule has 434 valence electrons. The van der Waals surface area contributed by atoms with E-state index in [1.54, 1.807) is 12.1 Å². The minimum atomic E-state index is -5.64. The molecule has 9 unspecified atom stereocenters. The Balaban J connectivity index is 0.887. The summed E-state index contributed by atoms with van der Waals surface area (Å²) in [6.07, 6.45) is -8.05. The number of phosphoric ester groups is 3. The van der Waals surface area contributed by atoms with Crippen molar-refractivity contribution in [2.24, 2.45) is 5.41 Å². The maximum atomic E-state index is 13.1. The van der Waals surface area contributed by atoms with Crippen molar-refractivity contribution in [1.29, 1.82) is 0 Å². The fourth-order valence-electron chi connectivity index (χ4n) is 7.47. The summed E-state index contributed by atoms with van der Waals surface area (Å²) in [6.45, 7) is 0.663. The quantitative estimate of drug-likeness (QED) is 0.0223. The zero-order chi connectivity index (χ0) is 58.0. The molecule has 1 fully saturated rings. The molecule has 9 atom stereocenters. The number of nitrogen functional groups attached to an aromatic ring is 2. The Kier molecular flexibility index (Phi) is 20.7. The number of amides is 3. The maximum absolute atomic E-state index is 13.1. The third-order valence-corrected chi connectivity index (χ3v) is 15.6. The monoisotopic (exact) mass is 1190 g/mol. The molecule has 0 aliphatic carbocycles. The fraction of sp³-hybridized carbons (Fsp3) is 0.500. The van der Waals surface area contributed by atoms with Gasteiger partial charge < -0.3 is 83.0 Å². The van der Waals surface area contributed by atoms with Gasteiger partial charge >= 0.3 is 29.4 Å². The second-order valence-electron chi connectivity index (χ2n) is 18.1. The number of aliphatic carboxylic acids is 1. The standard InChI is InChI=1S/C40H57N14O21P3S/c1-40(2,16-72-78(69,70)75-77(67,68)71-15-23-29(74-76(64,65)66)28(58)37(73-23)54-18-49-26-31(41)47-17-48-33(26)54)30(59)36(62)44-10-9-24(55)43-11-12-79-38(63)22(7-8-25(56)57)51-34(60)19-3-5-20(6-4-19)45-13-21-14-46-32-27(50-21)35(61)53-39(42)52-32/h3-6,17-18,21-23,28-30,37,45,50,58-59H,7-16H2,1-2H3,(H,43,55)(H,44,62)(H,51,60)(H,56,57)(H,67,68)(H,69,70)(H2,41,47,48)(H2,64,65,66)(H4,42,46,52,53,61). The number of imidazole rings is 1. The van der Waals surface area contributed by atoms with Crippen molar-refractivity contribution < 1.29 is 95.2 Å². The first kappa shape index (κ1) is 62.0. The molecule has 0 spiro atoms. The van der Waals surface area contributed by atoms with E-state index in [-0.39, 0.29) is 71.9 Å². The number of carboxylic acid groups (broad SMARTS) is 1. The molecule has 3 amide bonds. The lowest BCUT2D eigenvalue weighted by molar-refractivity contribution is -0.138. The molecule has 0 bridgehead atoms. The number of rotatable bonds is 28. The number of thioether (sulfide) groups is 1. The number of carbonyl (C=O) groups is 5. The van der Waals surface area contributed by atoms with Gasteiger partial charge in [0.15, 0.2) is 23.5 Å². The Morgan fingerprint density at radius 1 is 0.987 bits per heavy atom. The number of benzene rings is 1. The number of aromatic amines is 1. The smallest absolute Gasteiger partial charge is 0.481 e. The molecule has 2 aliphatic rings. The molecule has 0 saturated carbocycles. The lowest BCUT2D eigenvalue weighted by Crippen LogP contribution is -2.46. The summed E-state index contributed by atoms with van der Waals surface area (Å²) < 4.78 is 62.5. The van der Waals surface area contributed by atoms with Crippen LogP contribution in [-0.2, 0) is 55.5 Å². The molecule has 39 heteroatoms. The highest BCUT2D eigenvalue weighted by atomic mass is 32.2. The van der Waals surface area contributed by atoms with Crippen LogP contribution in [0.5, 0.6) is 0 Å². The van der Waals surface area contributed by atoms with Crippen LogP contribution in [-0.4, -0.2) is 175 Å². The largest absolute Gasteiger partial charge is 0.481 e. The summed E-state index contributed by atoms with van der Waals surface area (Å²) in [5.74, 6) is -3.28. The number of aliphatic hydroxyl groups is 2. The zero-order valence-corrected chi connectivity index (χ0v) is 45.1. The SMILES string of the molecule is CC(C)(COP(=O)(O)OP(=O)(O)OCC1OC(n2cnc3c(N)ncnc32)C(O)C1OP(=O)(O)O)C(O)C(=O)NCCC(=O)NCCSC(=O)C(CCC(=O)O)NC(=O)c1ccc(NCC2CNc3nc(N)[nH]c(=O)c3N2)cc1. The van der Waals surface area contributed by atoms with Crippen molar-refractivity contribution in [1.82, 2.24) is 45.4 Å². The molecule has 2 aliphatic heterocycles. The molecular formula is C40H57N14O21P3S. The number of aromatic nitrogens is 6. The second-order valence-corrected chi connectivity index (χ2v) is 23.4. The van der Waals surface area contributed by atoms with E-state index in [2.05, 4.69) is 65.7 Å². The van der Waals surface area contributed by atoms with Gasteiger partial charge in [-0.3, -0.25) is 51.9 Å². The predicted octanol–water partition coefficient (Wildman–Crippen LogP) is -1.69. The van der Waals surface area contributed by atoms with Crippen LogP contribution in [0.1, 0.15) is 49.7 Å². The highest BCUT2D eigenvalue weighted by Crippen LogP contribution is 2.61. The molecule has 3 aromatic heterocycles. The maximum Gasteiger partial charge on any atom is 0.481 e. The first-order valence-electron chi connectivity index (χ1n) is 23.3. The zero-order valence-electron chi connectivity index (χ0n) is 41.6. The van der Waals surface area contributed by atoms with Gasteiger partial charge in [-0.15, -0.1) is 0 Å². The normalized spacial score (nSPS) is 20.5. The van der Waals surface area contributed by atoms with E-state index in [9.17, 15) is 77.4 Å². The first-order valence-corrected chi connectivity index (χ1v) is 28.8. The van der Waals surface area contributed by atoms with Crippen LogP contribution >= 0.6 is 35.2 Å². The van der Waals surface area contributed by atoms with Crippen LogP contribution in [0.25, 0.3) is 11.2 Å². The van der Waals surface area contributed by atoms with Crippen molar-refractivity contribution in [3.05, 3.63) is 52.8 Å². The van der Waals surface area contributed by atoms with Gasteiger partial charge in [0, 0.05) is 61.4 Å². The van der Waals surface area contributed by atoms with E-state index in [1.165, 1.54) is 26.0 Å². The minimum absolute atomic E-state index is 0.00195. The summed E-state index contributed by atoms with van der Waals surface area (Å²) in [5.41, 5.74) is 10.3.